The first-order chi connectivity index (χ1) is 15.9. The number of ether oxygens (including phenoxy) is 3. The van der Waals surface area contributed by atoms with Gasteiger partial charge in [0.2, 0.25) is 0 Å². The summed E-state index contributed by atoms with van der Waals surface area (Å²) < 4.78 is 18.1. The summed E-state index contributed by atoms with van der Waals surface area (Å²) in [5.41, 5.74) is -0.447. The zero-order valence-corrected chi connectivity index (χ0v) is 18.0. The van der Waals surface area contributed by atoms with Gasteiger partial charge in [-0.15, -0.1) is 0 Å². The highest BCUT2D eigenvalue weighted by Crippen LogP contribution is 2.59. The van der Waals surface area contributed by atoms with E-state index in [0.717, 1.165) is 18.2 Å². The molecule has 0 bridgehead atoms. The highest BCUT2D eigenvalue weighted by molar-refractivity contribution is 6.13. The maximum atomic E-state index is 13.3. The van der Waals surface area contributed by atoms with E-state index >= 15 is 0 Å². The average Bonchev–Trinajstić information content (AvgIpc) is 3.24. The van der Waals surface area contributed by atoms with Crippen molar-refractivity contribution in [3.05, 3.63) is 83.9 Å². The highest BCUT2D eigenvalue weighted by Gasteiger charge is 2.73. The number of aliphatic hydroxyl groups is 1. The summed E-state index contributed by atoms with van der Waals surface area (Å²) in [7, 11) is 1.13. The third-order valence-corrected chi connectivity index (χ3v) is 6.96. The van der Waals surface area contributed by atoms with Crippen molar-refractivity contribution < 1.29 is 33.7 Å². The number of esters is 1. The van der Waals surface area contributed by atoms with Gasteiger partial charge >= 0.3 is 5.97 Å². The molecule has 2 aliphatic carbocycles. The number of hydrogen-bond acceptors (Lipinski definition) is 7. The summed E-state index contributed by atoms with van der Waals surface area (Å²) >= 11 is 0. The summed E-state index contributed by atoms with van der Waals surface area (Å²) in [4.78, 5) is 39.5. The maximum absolute atomic E-state index is 13.3. The quantitative estimate of drug-likeness (QED) is 0.569. The van der Waals surface area contributed by atoms with Gasteiger partial charge in [0.15, 0.2) is 22.8 Å². The van der Waals surface area contributed by atoms with Crippen molar-refractivity contribution in [3.63, 3.8) is 0 Å². The summed E-state index contributed by atoms with van der Waals surface area (Å²) in [5.74, 6) is -5.00. The lowest BCUT2D eigenvalue weighted by molar-refractivity contribution is -0.255. The molecule has 7 heteroatoms. The van der Waals surface area contributed by atoms with Crippen molar-refractivity contribution in [3.8, 4) is 0 Å². The second-order valence-electron chi connectivity index (χ2n) is 8.63. The first kappa shape index (κ1) is 21.7. The van der Waals surface area contributed by atoms with Crippen molar-refractivity contribution >= 4 is 17.5 Å². The molecule has 7 nitrogen and oxygen atoms in total. The van der Waals surface area contributed by atoms with Crippen LogP contribution in [0.5, 0.6) is 0 Å². The molecule has 170 valence electrons. The van der Waals surface area contributed by atoms with Crippen LogP contribution in [-0.2, 0) is 28.6 Å². The van der Waals surface area contributed by atoms with E-state index in [1.54, 1.807) is 0 Å². The molecule has 1 saturated carbocycles. The van der Waals surface area contributed by atoms with Crippen LogP contribution < -0.4 is 0 Å². The SMILES string of the molecule is COC(=O)[C@@]12C(=O)CCC3(O[C@@H](c4ccccc4)[C@H](c4ccccc4)O3)[C@@H]1C(=O)C=C[C@H]2O. The molecule has 0 radical (unpaired) electrons. The van der Waals surface area contributed by atoms with E-state index < -0.39 is 53.0 Å². The molecule has 33 heavy (non-hydrogen) atoms. The molecule has 5 atom stereocenters. The predicted octanol–water partition coefficient (Wildman–Crippen LogP) is 2.85. The Labute approximate surface area is 191 Å². The van der Waals surface area contributed by atoms with E-state index in [9.17, 15) is 19.5 Å². The number of allylic oxidation sites excluding steroid dienone is 1. The molecule has 3 aliphatic rings. The molecular weight excluding hydrogens is 424 g/mol. The van der Waals surface area contributed by atoms with E-state index in [1.807, 2.05) is 60.7 Å². The largest absolute Gasteiger partial charge is 0.468 e. The minimum atomic E-state index is -2.12. The Kier molecular flexibility index (Phi) is 5.28. The zero-order valence-electron chi connectivity index (χ0n) is 18.0. The van der Waals surface area contributed by atoms with E-state index in [1.165, 1.54) is 12.2 Å². The van der Waals surface area contributed by atoms with Gasteiger partial charge in [-0.05, 0) is 17.2 Å². The van der Waals surface area contributed by atoms with Crippen molar-refractivity contribution in [2.45, 2.75) is 36.9 Å². The van der Waals surface area contributed by atoms with Gasteiger partial charge < -0.3 is 19.3 Å². The molecule has 2 aromatic rings. The maximum Gasteiger partial charge on any atom is 0.323 e. The number of Topliss-reactive ketones (excluding diaryl/α,β-unsaturated/α-hetero) is 1. The van der Waals surface area contributed by atoms with Gasteiger partial charge in [-0.1, -0.05) is 66.7 Å². The van der Waals surface area contributed by atoms with Gasteiger partial charge in [0.1, 0.15) is 18.1 Å². The van der Waals surface area contributed by atoms with Crippen LogP contribution in [0.15, 0.2) is 72.8 Å². The first-order valence-corrected chi connectivity index (χ1v) is 10.9. The summed E-state index contributed by atoms with van der Waals surface area (Å²) in [6.45, 7) is 0. The predicted molar refractivity (Wildman–Crippen MR) is 116 cm³/mol. The van der Waals surface area contributed by atoms with E-state index in [0.29, 0.717) is 0 Å². The monoisotopic (exact) mass is 448 g/mol. The van der Waals surface area contributed by atoms with Crippen molar-refractivity contribution in [2.24, 2.45) is 11.3 Å². The number of rotatable bonds is 3. The Morgan fingerprint density at radius 3 is 2.03 bits per heavy atom. The van der Waals surface area contributed by atoms with Crippen LogP contribution in [-0.4, -0.2) is 41.6 Å². The van der Waals surface area contributed by atoms with Crippen LogP contribution in [0.3, 0.4) is 0 Å². The number of carbonyl (C=O) groups is 3. The highest BCUT2D eigenvalue weighted by atomic mass is 16.8. The number of hydrogen-bond donors (Lipinski definition) is 1. The fraction of sp³-hybridized carbons (Fsp3) is 0.346. The minimum Gasteiger partial charge on any atom is -0.468 e. The normalized spacial score (nSPS) is 32.5. The Bertz CT molecular complexity index is 1050. The molecule has 0 aromatic heterocycles. The molecule has 0 unspecified atom stereocenters. The molecule has 2 aromatic carbocycles. The number of fused-ring (bicyclic) bond motifs is 2. The molecule has 1 spiro atoms. The lowest BCUT2D eigenvalue weighted by Gasteiger charge is -2.50. The second kappa shape index (κ2) is 8.02. The van der Waals surface area contributed by atoms with Crippen molar-refractivity contribution in [1.29, 1.82) is 0 Å². The third kappa shape index (κ3) is 3.11. The average molecular weight is 448 g/mol. The second-order valence-corrected chi connectivity index (χ2v) is 8.63. The van der Waals surface area contributed by atoms with Crippen LogP contribution in [0, 0.1) is 11.3 Å². The van der Waals surface area contributed by atoms with Crippen molar-refractivity contribution in [1.82, 2.24) is 0 Å². The van der Waals surface area contributed by atoms with Crippen LogP contribution in [0.25, 0.3) is 0 Å². The topological polar surface area (TPSA) is 99.1 Å². The van der Waals surface area contributed by atoms with Gasteiger partial charge in [-0.3, -0.25) is 14.4 Å². The van der Waals surface area contributed by atoms with Crippen LogP contribution in [0.4, 0.5) is 0 Å². The Balaban J connectivity index is 1.67. The number of methoxy groups -OCH3 is 1. The molecule has 0 amide bonds. The molecule has 1 aliphatic heterocycles. The number of carbonyl (C=O) groups excluding carboxylic acids is 3. The fourth-order valence-electron chi connectivity index (χ4n) is 5.49. The van der Waals surface area contributed by atoms with Crippen LogP contribution in [0.1, 0.15) is 36.2 Å². The smallest absolute Gasteiger partial charge is 0.323 e. The Morgan fingerprint density at radius 2 is 1.52 bits per heavy atom. The molecule has 1 heterocycles. The van der Waals surface area contributed by atoms with Crippen molar-refractivity contribution in [2.75, 3.05) is 7.11 Å². The van der Waals surface area contributed by atoms with E-state index in [-0.39, 0.29) is 12.8 Å². The van der Waals surface area contributed by atoms with E-state index in [2.05, 4.69) is 0 Å². The number of benzene rings is 2. The molecule has 1 N–H and O–H groups in total. The van der Waals surface area contributed by atoms with Crippen LogP contribution >= 0.6 is 0 Å². The molecule has 2 fully saturated rings. The lowest BCUT2D eigenvalue weighted by atomic mass is 9.56. The number of aliphatic hydroxyl groups excluding tert-OH is 1. The van der Waals surface area contributed by atoms with Gasteiger partial charge in [-0.25, -0.2) is 0 Å². The third-order valence-electron chi connectivity index (χ3n) is 6.96. The van der Waals surface area contributed by atoms with Gasteiger partial charge in [0, 0.05) is 12.8 Å². The summed E-state index contributed by atoms with van der Waals surface area (Å²) in [6.07, 6.45) is -0.375. The lowest BCUT2D eigenvalue weighted by Crippen LogP contribution is -2.67. The minimum absolute atomic E-state index is 0.0776. The first-order valence-electron chi connectivity index (χ1n) is 10.9. The Morgan fingerprint density at radius 1 is 0.970 bits per heavy atom. The standard InChI is InChI=1S/C26H24O7/c1-31-24(30)26-19(28)13-12-18(27)23(26)25(15-14-20(26)29)32-21(16-8-4-2-5-9-16)22(33-25)17-10-6-3-7-11-17/h2-13,19,21-23,28H,14-15H2,1H3/t19-,21+,22+,23+,26+/m1/s1. The Hall–Kier alpha value is -3.13. The summed E-state index contributed by atoms with van der Waals surface area (Å²) in [5, 5.41) is 10.9. The van der Waals surface area contributed by atoms with E-state index in [4.69, 9.17) is 14.2 Å². The summed E-state index contributed by atoms with van der Waals surface area (Å²) in [6, 6.07) is 18.9. The number of ketones is 2. The van der Waals surface area contributed by atoms with Gasteiger partial charge in [0.25, 0.3) is 0 Å². The molecular formula is C26H24O7. The fourth-order valence-corrected chi connectivity index (χ4v) is 5.49. The molecule has 5 rings (SSSR count). The van der Waals surface area contributed by atoms with Gasteiger partial charge in [-0.2, -0.15) is 0 Å². The molecule has 1 saturated heterocycles. The van der Waals surface area contributed by atoms with Crippen LogP contribution in [0.2, 0.25) is 0 Å². The zero-order chi connectivity index (χ0) is 23.2. The van der Waals surface area contributed by atoms with Gasteiger partial charge in [0.05, 0.1) is 13.2 Å².